The Morgan fingerprint density at radius 2 is 1.83 bits per heavy atom. The minimum absolute atomic E-state index is 0.0228. The molecule has 0 aliphatic rings. The van der Waals surface area contributed by atoms with Gasteiger partial charge in [-0.05, 0) is 72.9 Å². The second-order valence-electron chi connectivity index (χ2n) is 8.15. The third kappa shape index (κ3) is 7.67. The number of ether oxygens (including phenoxy) is 3. The van der Waals surface area contributed by atoms with Gasteiger partial charge in [0.05, 0.1) is 19.4 Å². The van der Waals surface area contributed by atoms with Crippen LogP contribution in [-0.2, 0) is 11.3 Å². The molecule has 0 aliphatic heterocycles. The van der Waals surface area contributed by atoms with Crippen LogP contribution in [0.15, 0.2) is 70.9 Å². The molecular weight excluding hydrogens is 456 g/mol. The first-order valence-corrected chi connectivity index (χ1v) is 12.1. The first-order valence-electron chi connectivity index (χ1n) is 12.1. The number of furan rings is 1. The van der Waals surface area contributed by atoms with Gasteiger partial charge >= 0.3 is 0 Å². The van der Waals surface area contributed by atoms with Crippen molar-refractivity contribution >= 4 is 12.0 Å². The highest BCUT2D eigenvalue weighted by atomic mass is 16.5. The van der Waals surface area contributed by atoms with Gasteiger partial charge in [-0.3, -0.25) is 4.79 Å². The number of hydrogen-bond donors (Lipinski definition) is 1. The van der Waals surface area contributed by atoms with Crippen molar-refractivity contribution in [3.05, 3.63) is 83.3 Å². The number of carbonyl (C=O) groups excluding carboxylic acids is 1. The molecule has 1 aromatic heterocycles. The van der Waals surface area contributed by atoms with E-state index in [1.807, 2.05) is 25.1 Å². The Labute approximate surface area is 212 Å². The van der Waals surface area contributed by atoms with Crippen LogP contribution in [0, 0.1) is 11.3 Å². The summed E-state index contributed by atoms with van der Waals surface area (Å²) in [5.74, 6) is 2.53. The Morgan fingerprint density at radius 3 is 2.50 bits per heavy atom. The molecule has 3 aromatic rings. The average molecular weight is 489 g/mol. The van der Waals surface area contributed by atoms with Crippen LogP contribution in [0.4, 0.5) is 0 Å². The smallest absolute Gasteiger partial charge is 0.262 e. The van der Waals surface area contributed by atoms with Gasteiger partial charge in [0.25, 0.3) is 5.91 Å². The highest BCUT2D eigenvalue weighted by molar-refractivity contribution is 6.01. The molecule has 1 heterocycles. The van der Waals surface area contributed by atoms with Crippen LogP contribution in [0.5, 0.6) is 17.2 Å². The van der Waals surface area contributed by atoms with E-state index in [0.717, 1.165) is 12.2 Å². The number of nitrogens with zero attached hydrogens (tertiary/aromatic N) is 1. The summed E-state index contributed by atoms with van der Waals surface area (Å²) in [5.41, 5.74) is 1.92. The summed E-state index contributed by atoms with van der Waals surface area (Å²) in [6, 6.07) is 18.8. The van der Waals surface area contributed by atoms with Crippen molar-refractivity contribution in [2.45, 2.75) is 39.7 Å². The third-order valence-corrected chi connectivity index (χ3v) is 5.62. The summed E-state index contributed by atoms with van der Waals surface area (Å²) in [6.07, 6.45) is 4.14. The number of nitrogens with one attached hydrogen (secondary N) is 1. The Morgan fingerprint density at radius 1 is 1.06 bits per heavy atom. The Kier molecular flexibility index (Phi) is 10.0. The molecule has 0 spiro atoms. The summed E-state index contributed by atoms with van der Waals surface area (Å²) in [6.45, 7) is 7.62. The second kappa shape index (κ2) is 13.6. The van der Waals surface area contributed by atoms with Gasteiger partial charge in [-0.1, -0.05) is 32.0 Å². The molecule has 0 radical (unpaired) electrons. The third-order valence-electron chi connectivity index (χ3n) is 5.62. The molecule has 0 unspecified atom stereocenters. The van der Waals surface area contributed by atoms with E-state index in [-0.39, 0.29) is 12.1 Å². The van der Waals surface area contributed by atoms with Crippen molar-refractivity contribution in [2.24, 2.45) is 0 Å². The Hall–Kier alpha value is -4.18. The molecule has 36 heavy (non-hydrogen) atoms. The van der Waals surface area contributed by atoms with Crippen molar-refractivity contribution in [2.75, 3.05) is 19.8 Å². The van der Waals surface area contributed by atoms with Crippen molar-refractivity contribution in [1.82, 2.24) is 5.32 Å². The zero-order valence-electron chi connectivity index (χ0n) is 21.0. The van der Waals surface area contributed by atoms with E-state index in [1.165, 1.54) is 17.9 Å². The quantitative estimate of drug-likeness (QED) is 0.184. The van der Waals surface area contributed by atoms with Crippen LogP contribution in [-0.4, -0.2) is 25.7 Å². The summed E-state index contributed by atoms with van der Waals surface area (Å²) in [4.78, 5) is 12.4. The lowest BCUT2D eigenvalue weighted by Gasteiger charge is -2.14. The van der Waals surface area contributed by atoms with Gasteiger partial charge in [0, 0.05) is 0 Å². The van der Waals surface area contributed by atoms with Crippen molar-refractivity contribution in [3.63, 3.8) is 0 Å². The van der Waals surface area contributed by atoms with Gasteiger partial charge in [-0.2, -0.15) is 5.26 Å². The standard InChI is InChI=1S/C29H32N2O5/c1-4-21(3)23-9-11-25(12-10-23)35-15-16-36-27-13-8-22(18-28(27)33-5-2)17-24(19-30)29(32)31-20-26-7-6-14-34-26/h6-14,17-18,21H,4-5,15-16,20H2,1-3H3,(H,31,32)/b24-17+/t21-/m1/s1. The normalized spacial score (nSPS) is 11.9. The van der Waals surface area contributed by atoms with Crippen LogP contribution in [0.3, 0.4) is 0 Å². The van der Waals surface area contributed by atoms with E-state index in [2.05, 4.69) is 31.3 Å². The lowest BCUT2D eigenvalue weighted by molar-refractivity contribution is -0.117. The highest BCUT2D eigenvalue weighted by Gasteiger charge is 2.12. The summed E-state index contributed by atoms with van der Waals surface area (Å²) in [5, 5.41) is 12.1. The number of rotatable bonds is 13. The largest absolute Gasteiger partial charge is 0.490 e. The minimum atomic E-state index is -0.485. The predicted molar refractivity (Wildman–Crippen MR) is 138 cm³/mol. The van der Waals surface area contributed by atoms with Gasteiger partial charge < -0.3 is 23.9 Å². The molecular formula is C29H32N2O5. The van der Waals surface area contributed by atoms with Crippen molar-refractivity contribution in [3.8, 4) is 23.3 Å². The molecule has 0 bridgehead atoms. The predicted octanol–water partition coefficient (Wildman–Crippen LogP) is 5.87. The topological polar surface area (TPSA) is 93.7 Å². The minimum Gasteiger partial charge on any atom is -0.490 e. The lowest BCUT2D eigenvalue weighted by atomic mass is 9.99. The van der Waals surface area contributed by atoms with Gasteiger partial charge in [0.15, 0.2) is 11.5 Å². The first-order chi connectivity index (χ1) is 17.5. The molecule has 2 aromatic carbocycles. The lowest BCUT2D eigenvalue weighted by Crippen LogP contribution is -2.23. The fourth-order valence-electron chi connectivity index (χ4n) is 3.43. The molecule has 0 saturated heterocycles. The van der Waals surface area contributed by atoms with Gasteiger partial charge in [0.1, 0.15) is 36.4 Å². The summed E-state index contributed by atoms with van der Waals surface area (Å²) < 4.78 is 22.6. The zero-order chi connectivity index (χ0) is 25.8. The second-order valence-corrected chi connectivity index (χ2v) is 8.15. The van der Waals surface area contributed by atoms with E-state index in [4.69, 9.17) is 18.6 Å². The van der Waals surface area contributed by atoms with Gasteiger partial charge in [-0.15, -0.1) is 0 Å². The fourth-order valence-corrected chi connectivity index (χ4v) is 3.43. The number of amides is 1. The summed E-state index contributed by atoms with van der Waals surface area (Å²) in [7, 11) is 0. The van der Waals surface area contributed by atoms with Crippen LogP contribution in [0.1, 0.15) is 50.0 Å². The molecule has 7 nitrogen and oxygen atoms in total. The molecule has 7 heteroatoms. The zero-order valence-corrected chi connectivity index (χ0v) is 21.0. The molecule has 0 saturated carbocycles. The van der Waals surface area contributed by atoms with Gasteiger partial charge in [-0.25, -0.2) is 0 Å². The number of carbonyl (C=O) groups is 1. The number of benzene rings is 2. The molecule has 188 valence electrons. The molecule has 1 N–H and O–H groups in total. The molecule has 0 aliphatic carbocycles. The Balaban J connectivity index is 1.58. The van der Waals surface area contributed by atoms with E-state index >= 15 is 0 Å². The maximum Gasteiger partial charge on any atom is 0.262 e. The van der Waals surface area contributed by atoms with Crippen molar-refractivity contribution < 1.29 is 23.4 Å². The monoisotopic (exact) mass is 488 g/mol. The van der Waals surface area contributed by atoms with Crippen LogP contribution in [0.2, 0.25) is 0 Å². The van der Waals surface area contributed by atoms with Crippen molar-refractivity contribution in [1.29, 1.82) is 5.26 Å². The van der Waals surface area contributed by atoms with Crippen LogP contribution >= 0.6 is 0 Å². The average Bonchev–Trinajstić information content (AvgIpc) is 3.43. The fraction of sp³-hybridized carbons (Fsp3) is 0.310. The maximum absolute atomic E-state index is 12.4. The van der Waals surface area contributed by atoms with E-state index < -0.39 is 5.91 Å². The summed E-state index contributed by atoms with van der Waals surface area (Å²) >= 11 is 0. The van der Waals surface area contributed by atoms with Crippen LogP contribution < -0.4 is 19.5 Å². The van der Waals surface area contributed by atoms with Crippen LogP contribution in [0.25, 0.3) is 6.08 Å². The molecule has 1 amide bonds. The van der Waals surface area contributed by atoms with E-state index in [9.17, 15) is 10.1 Å². The molecule has 1 atom stereocenters. The number of hydrogen-bond acceptors (Lipinski definition) is 6. The number of nitriles is 1. The van der Waals surface area contributed by atoms with E-state index in [0.29, 0.717) is 48.6 Å². The Bertz CT molecular complexity index is 1180. The highest BCUT2D eigenvalue weighted by Crippen LogP contribution is 2.29. The molecule has 3 rings (SSSR count). The van der Waals surface area contributed by atoms with E-state index in [1.54, 1.807) is 30.3 Å². The molecule has 0 fully saturated rings. The first kappa shape index (κ1) is 26.4. The SMILES string of the molecule is CCOc1cc(/C=C(\C#N)C(=O)NCc2ccco2)ccc1OCCOc1ccc([C@H](C)CC)cc1. The van der Waals surface area contributed by atoms with Gasteiger partial charge in [0.2, 0.25) is 0 Å². The maximum atomic E-state index is 12.4.